The fraction of sp³-hybridized carbons (Fsp3) is 0.412. The van der Waals surface area contributed by atoms with Gasteiger partial charge in [0.15, 0.2) is 0 Å². The van der Waals surface area contributed by atoms with Crippen LogP contribution in [0.15, 0.2) is 30.3 Å². The summed E-state index contributed by atoms with van der Waals surface area (Å²) in [6, 6.07) is 10.3. The normalized spacial score (nSPS) is 15.0. The maximum Gasteiger partial charge on any atom is 0.225 e. The van der Waals surface area contributed by atoms with Crippen LogP contribution in [0.3, 0.4) is 0 Å². The van der Waals surface area contributed by atoms with Gasteiger partial charge in [-0.1, -0.05) is 42.6 Å². The number of anilines is 2. The van der Waals surface area contributed by atoms with Crippen LogP contribution in [0, 0.1) is 6.92 Å². The second-order valence-corrected chi connectivity index (χ2v) is 6.20. The van der Waals surface area contributed by atoms with Crippen LogP contribution in [0.25, 0.3) is 0 Å². The van der Waals surface area contributed by atoms with Gasteiger partial charge in [0.05, 0.1) is 0 Å². The van der Waals surface area contributed by atoms with E-state index in [0.717, 1.165) is 22.1 Å². The van der Waals surface area contributed by atoms with Crippen molar-refractivity contribution >= 4 is 23.4 Å². The number of nitrogens with zero attached hydrogens (tertiary/aromatic N) is 2. The molecule has 5 heteroatoms. The molecule has 4 nitrogen and oxygen atoms in total. The molecule has 0 aliphatic heterocycles. The number of aromatic nitrogens is 2. The Morgan fingerprint density at radius 1 is 1.18 bits per heavy atom. The van der Waals surface area contributed by atoms with Gasteiger partial charge in [-0.25, -0.2) is 4.98 Å². The first-order valence-electron chi connectivity index (χ1n) is 7.80. The molecule has 22 heavy (non-hydrogen) atoms. The first-order chi connectivity index (χ1) is 10.7. The molecule has 0 unspecified atom stereocenters. The van der Waals surface area contributed by atoms with E-state index in [0.29, 0.717) is 18.5 Å². The van der Waals surface area contributed by atoms with Crippen molar-refractivity contribution < 1.29 is 0 Å². The first-order valence-corrected chi connectivity index (χ1v) is 8.18. The van der Waals surface area contributed by atoms with Crippen LogP contribution >= 0.6 is 11.6 Å². The number of rotatable bonds is 5. The van der Waals surface area contributed by atoms with Crippen LogP contribution < -0.4 is 10.6 Å². The van der Waals surface area contributed by atoms with Gasteiger partial charge in [0.25, 0.3) is 0 Å². The minimum absolute atomic E-state index is 0.512. The Hall–Kier alpha value is -1.81. The lowest BCUT2D eigenvalue weighted by atomic mass is 10.2. The van der Waals surface area contributed by atoms with Crippen LogP contribution in [0.2, 0.25) is 5.02 Å². The highest BCUT2D eigenvalue weighted by atomic mass is 35.5. The van der Waals surface area contributed by atoms with Gasteiger partial charge in [-0.15, -0.1) is 0 Å². The molecule has 1 aliphatic rings. The molecule has 1 fully saturated rings. The second-order valence-electron chi connectivity index (χ2n) is 5.79. The second kappa shape index (κ2) is 6.97. The molecule has 116 valence electrons. The van der Waals surface area contributed by atoms with Crippen molar-refractivity contribution in [3.63, 3.8) is 0 Å². The molecule has 2 N–H and O–H groups in total. The van der Waals surface area contributed by atoms with Crippen LogP contribution in [0.5, 0.6) is 0 Å². The molecular weight excluding hydrogens is 296 g/mol. The maximum absolute atomic E-state index is 6.18. The summed E-state index contributed by atoms with van der Waals surface area (Å²) in [7, 11) is 0. The summed E-state index contributed by atoms with van der Waals surface area (Å²) < 4.78 is 0. The van der Waals surface area contributed by atoms with E-state index >= 15 is 0 Å². The molecule has 1 aliphatic carbocycles. The highest BCUT2D eigenvalue weighted by molar-refractivity contribution is 6.31. The summed E-state index contributed by atoms with van der Waals surface area (Å²) >= 11 is 6.18. The van der Waals surface area contributed by atoms with Crippen LogP contribution in [-0.2, 0) is 6.54 Å². The molecule has 1 aromatic carbocycles. The largest absolute Gasteiger partial charge is 0.366 e. The quantitative estimate of drug-likeness (QED) is 0.858. The van der Waals surface area contributed by atoms with Gasteiger partial charge < -0.3 is 10.6 Å². The van der Waals surface area contributed by atoms with E-state index in [1.54, 1.807) is 0 Å². The highest BCUT2D eigenvalue weighted by Crippen LogP contribution is 2.22. The Labute approximate surface area is 136 Å². The summed E-state index contributed by atoms with van der Waals surface area (Å²) in [5, 5.41) is 7.54. The van der Waals surface area contributed by atoms with E-state index in [2.05, 4.69) is 20.6 Å². The molecule has 1 saturated carbocycles. The third-order valence-electron chi connectivity index (χ3n) is 3.96. The fourth-order valence-corrected chi connectivity index (χ4v) is 3.01. The standard InChI is InChI=1S/C17H21ClN4/c1-12-10-16(19-11-13-6-2-5-9-15(13)18)22-17(20-12)21-14-7-3-4-8-14/h2,5-6,9-10,14H,3-4,7-8,11H2,1H3,(H2,19,20,21,22). The molecular formula is C17H21ClN4. The topological polar surface area (TPSA) is 49.8 Å². The van der Waals surface area contributed by atoms with E-state index in [-0.39, 0.29) is 0 Å². The Morgan fingerprint density at radius 3 is 2.73 bits per heavy atom. The van der Waals surface area contributed by atoms with E-state index in [1.165, 1.54) is 25.7 Å². The number of hydrogen-bond donors (Lipinski definition) is 2. The summed E-state index contributed by atoms with van der Waals surface area (Å²) in [4.78, 5) is 9.05. The third kappa shape index (κ3) is 3.89. The lowest BCUT2D eigenvalue weighted by Crippen LogP contribution is -2.17. The molecule has 3 rings (SSSR count). The predicted octanol–water partition coefficient (Wildman–Crippen LogP) is 4.41. The smallest absolute Gasteiger partial charge is 0.225 e. The van der Waals surface area contributed by atoms with Crippen LogP contribution in [-0.4, -0.2) is 16.0 Å². The molecule has 0 amide bonds. The summed E-state index contributed by atoms with van der Waals surface area (Å²) in [6.07, 6.45) is 5.00. The van der Waals surface area contributed by atoms with Crippen molar-refractivity contribution in [1.29, 1.82) is 0 Å². The molecule has 0 radical (unpaired) electrons. The molecule has 1 aromatic heterocycles. The van der Waals surface area contributed by atoms with Crippen molar-refractivity contribution in [2.75, 3.05) is 10.6 Å². The molecule has 0 atom stereocenters. The molecule has 2 aromatic rings. The van der Waals surface area contributed by atoms with E-state index < -0.39 is 0 Å². The van der Waals surface area contributed by atoms with Gasteiger partial charge in [-0.05, 0) is 31.4 Å². The lowest BCUT2D eigenvalue weighted by molar-refractivity contribution is 0.743. The summed E-state index contributed by atoms with van der Waals surface area (Å²) in [6.45, 7) is 2.64. The van der Waals surface area contributed by atoms with Gasteiger partial charge in [-0.2, -0.15) is 4.98 Å². The average Bonchev–Trinajstić information content (AvgIpc) is 2.99. The number of halogens is 1. The SMILES string of the molecule is Cc1cc(NCc2ccccc2Cl)nc(NC2CCCC2)n1. The van der Waals surface area contributed by atoms with Gasteiger partial charge in [0.1, 0.15) is 5.82 Å². The first kappa shape index (κ1) is 15.1. The fourth-order valence-electron chi connectivity index (χ4n) is 2.80. The van der Waals surface area contributed by atoms with Gasteiger partial charge in [-0.3, -0.25) is 0 Å². The van der Waals surface area contributed by atoms with Crippen molar-refractivity contribution in [2.45, 2.75) is 45.2 Å². The zero-order valence-electron chi connectivity index (χ0n) is 12.8. The van der Waals surface area contributed by atoms with E-state index in [1.807, 2.05) is 37.3 Å². The number of nitrogens with one attached hydrogen (secondary N) is 2. The van der Waals surface area contributed by atoms with E-state index in [9.17, 15) is 0 Å². The molecule has 0 bridgehead atoms. The third-order valence-corrected chi connectivity index (χ3v) is 4.33. The lowest BCUT2D eigenvalue weighted by Gasteiger charge is -2.14. The molecule has 0 saturated heterocycles. The highest BCUT2D eigenvalue weighted by Gasteiger charge is 2.16. The zero-order chi connectivity index (χ0) is 15.4. The maximum atomic E-state index is 6.18. The minimum Gasteiger partial charge on any atom is -0.366 e. The van der Waals surface area contributed by atoms with E-state index in [4.69, 9.17) is 11.6 Å². The Bertz CT molecular complexity index is 638. The minimum atomic E-state index is 0.512. The van der Waals surface area contributed by atoms with Gasteiger partial charge >= 0.3 is 0 Å². The number of aryl methyl sites for hydroxylation is 1. The zero-order valence-corrected chi connectivity index (χ0v) is 13.5. The predicted molar refractivity (Wildman–Crippen MR) is 91.4 cm³/mol. The van der Waals surface area contributed by atoms with Crippen molar-refractivity contribution in [1.82, 2.24) is 9.97 Å². The van der Waals surface area contributed by atoms with Crippen molar-refractivity contribution in [3.05, 3.63) is 46.6 Å². The van der Waals surface area contributed by atoms with Gasteiger partial charge in [0.2, 0.25) is 5.95 Å². The summed E-state index contributed by atoms with van der Waals surface area (Å²) in [5.41, 5.74) is 2.02. The Kier molecular flexibility index (Phi) is 4.78. The van der Waals surface area contributed by atoms with Crippen molar-refractivity contribution in [2.24, 2.45) is 0 Å². The monoisotopic (exact) mass is 316 g/mol. The molecule has 1 heterocycles. The Morgan fingerprint density at radius 2 is 1.95 bits per heavy atom. The van der Waals surface area contributed by atoms with Gasteiger partial charge in [0, 0.05) is 29.4 Å². The van der Waals surface area contributed by atoms with Crippen molar-refractivity contribution in [3.8, 4) is 0 Å². The average molecular weight is 317 g/mol. The summed E-state index contributed by atoms with van der Waals surface area (Å²) in [5.74, 6) is 1.54. The van der Waals surface area contributed by atoms with Crippen LogP contribution in [0.4, 0.5) is 11.8 Å². The van der Waals surface area contributed by atoms with Crippen LogP contribution in [0.1, 0.15) is 36.9 Å². The number of benzene rings is 1. The number of hydrogen-bond acceptors (Lipinski definition) is 4. The molecule has 0 spiro atoms. The Balaban J connectivity index is 1.68.